The first-order chi connectivity index (χ1) is 12.5. The van der Waals surface area contributed by atoms with Crippen molar-refractivity contribution in [2.24, 2.45) is 0 Å². The van der Waals surface area contributed by atoms with Gasteiger partial charge in [-0.2, -0.15) is 4.68 Å². The summed E-state index contributed by atoms with van der Waals surface area (Å²) in [7, 11) is -4.39. The predicted octanol–water partition coefficient (Wildman–Crippen LogP) is 4.40. The van der Waals surface area contributed by atoms with E-state index >= 15 is 0 Å². The molecule has 0 atom stereocenters. The van der Waals surface area contributed by atoms with Gasteiger partial charge in [0.05, 0.1) is 11.1 Å². The molecule has 148 valence electrons. The molecular formula is C17H20Cl2FN3O3S. The molecule has 0 radical (unpaired) electrons. The molecule has 1 aromatic heterocycles. The second-order valence-electron chi connectivity index (χ2n) is 6.02. The zero-order valence-electron chi connectivity index (χ0n) is 15.6. The molecule has 0 saturated heterocycles. The summed E-state index contributed by atoms with van der Waals surface area (Å²) in [6, 6.07) is -0.617. The molecule has 0 aliphatic rings. The quantitative estimate of drug-likeness (QED) is 0.713. The van der Waals surface area contributed by atoms with Crippen molar-refractivity contribution in [1.29, 1.82) is 0 Å². The molecule has 2 aromatic rings. The minimum absolute atomic E-state index is 0.184. The molecule has 2 rings (SSSR count). The molecule has 10 heteroatoms. The third-order valence-electron chi connectivity index (χ3n) is 4.39. The summed E-state index contributed by atoms with van der Waals surface area (Å²) in [6.45, 7) is 8.95. The summed E-state index contributed by atoms with van der Waals surface area (Å²) >= 11 is 12.4. The highest BCUT2D eigenvalue weighted by Gasteiger charge is 2.33. The van der Waals surface area contributed by atoms with E-state index < -0.39 is 26.7 Å². The Morgan fingerprint density at radius 3 is 2.04 bits per heavy atom. The normalized spacial score (nSPS) is 11.7. The predicted molar refractivity (Wildman–Crippen MR) is 102 cm³/mol. The average Bonchev–Trinajstić information content (AvgIpc) is 3.01. The van der Waals surface area contributed by atoms with Gasteiger partial charge in [0.2, 0.25) is 14.9 Å². The number of carbonyl (C=O) groups is 1. The Bertz CT molecular complexity index is 986. The van der Waals surface area contributed by atoms with Crippen LogP contribution in [0.25, 0.3) is 0 Å². The number of carbonyl (C=O) groups excluding carboxylic acids is 1. The Kier molecular flexibility index (Phi) is 6.23. The number of hydrogen-bond donors (Lipinski definition) is 0. The Balaban J connectivity index is 2.69. The number of sulfone groups is 1. The van der Waals surface area contributed by atoms with Crippen LogP contribution in [0.15, 0.2) is 16.1 Å². The summed E-state index contributed by atoms with van der Waals surface area (Å²) in [5.74, 6) is -1.12. The van der Waals surface area contributed by atoms with Crippen LogP contribution in [0.5, 0.6) is 0 Å². The van der Waals surface area contributed by atoms with E-state index in [4.69, 9.17) is 23.2 Å². The first-order valence-corrected chi connectivity index (χ1v) is 10.5. The van der Waals surface area contributed by atoms with Gasteiger partial charge in [0.25, 0.3) is 0 Å². The number of amides is 1. The van der Waals surface area contributed by atoms with Crippen LogP contribution < -0.4 is 0 Å². The first-order valence-electron chi connectivity index (χ1n) is 8.23. The fourth-order valence-electron chi connectivity index (χ4n) is 2.90. The van der Waals surface area contributed by atoms with Crippen molar-refractivity contribution in [3.05, 3.63) is 38.7 Å². The van der Waals surface area contributed by atoms with Gasteiger partial charge in [-0.3, -0.25) is 0 Å². The third-order valence-corrected chi connectivity index (χ3v) is 7.46. The van der Waals surface area contributed by atoms with Gasteiger partial charge in [0.15, 0.2) is 5.82 Å². The van der Waals surface area contributed by atoms with E-state index in [0.29, 0.717) is 23.3 Å². The maximum atomic E-state index is 14.5. The second-order valence-corrected chi connectivity index (χ2v) is 8.57. The lowest BCUT2D eigenvalue weighted by molar-refractivity contribution is 0.201. The molecule has 0 N–H and O–H groups in total. The smallest absolute Gasteiger partial charge is 0.323 e. The van der Waals surface area contributed by atoms with Crippen LogP contribution in [0, 0.1) is 26.6 Å². The van der Waals surface area contributed by atoms with Crippen molar-refractivity contribution in [2.45, 2.75) is 44.5 Å². The van der Waals surface area contributed by atoms with Crippen molar-refractivity contribution in [1.82, 2.24) is 14.7 Å². The van der Waals surface area contributed by atoms with E-state index in [0.717, 1.165) is 6.20 Å². The second kappa shape index (κ2) is 7.77. The SMILES string of the molecule is CCN(CC)C(=O)n1cc(F)c(S(=O)(=O)c2c(C)c(Cl)c(C)c(Cl)c2C)n1. The zero-order valence-corrected chi connectivity index (χ0v) is 17.9. The Hall–Kier alpha value is -1.64. The Labute approximate surface area is 167 Å². The fraction of sp³-hybridized carbons (Fsp3) is 0.412. The maximum Gasteiger partial charge on any atom is 0.344 e. The van der Waals surface area contributed by atoms with E-state index in [1.807, 2.05) is 0 Å². The monoisotopic (exact) mass is 435 g/mol. The summed E-state index contributed by atoms with van der Waals surface area (Å²) < 4.78 is 41.4. The van der Waals surface area contributed by atoms with Crippen LogP contribution in [0.4, 0.5) is 9.18 Å². The number of rotatable bonds is 4. The van der Waals surface area contributed by atoms with Crippen LogP contribution in [0.3, 0.4) is 0 Å². The van der Waals surface area contributed by atoms with Crippen LogP contribution >= 0.6 is 23.2 Å². The Morgan fingerprint density at radius 1 is 1.11 bits per heavy atom. The van der Waals surface area contributed by atoms with E-state index in [1.165, 1.54) is 18.7 Å². The van der Waals surface area contributed by atoms with Crippen molar-refractivity contribution in [3.63, 3.8) is 0 Å². The minimum Gasteiger partial charge on any atom is -0.323 e. The topological polar surface area (TPSA) is 72.3 Å². The zero-order chi connectivity index (χ0) is 20.7. The largest absolute Gasteiger partial charge is 0.344 e. The third kappa shape index (κ3) is 3.58. The molecule has 27 heavy (non-hydrogen) atoms. The van der Waals surface area contributed by atoms with Gasteiger partial charge in [-0.05, 0) is 51.3 Å². The molecule has 6 nitrogen and oxygen atoms in total. The molecule has 0 fully saturated rings. The minimum atomic E-state index is -4.39. The number of aromatic nitrogens is 2. The summed E-state index contributed by atoms with van der Waals surface area (Å²) in [4.78, 5) is 13.5. The van der Waals surface area contributed by atoms with Gasteiger partial charge in [-0.15, -0.1) is 5.10 Å². The fourth-order valence-corrected chi connectivity index (χ4v) is 5.14. The van der Waals surface area contributed by atoms with Crippen LogP contribution in [-0.4, -0.2) is 42.2 Å². The van der Waals surface area contributed by atoms with Gasteiger partial charge in [-0.1, -0.05) is 23.2 Å². The summed E-state index contributed by atoms with van der Waals surface area (Å²) in [5.41, 5.74) is 1.04. The molecule has 1 aromatic carbocycles. The molecular weight excluding hydrogens is 416 g/mol. The molecule has 0 aliphatic heterocycles. The highest BCUT2D eigenvalue weighted by atomic mass is 35.5. The number of hydrogen-bond acceptors (Lipinski definition) is 4. The summed E-state index contributed by atoms with van der Waals surface area (Å²) in [6.07, 6.45) is 0.760. The van der Waals surface area contributed by atoms with E-state index in [2.05, 4.69) is 5.10 Å². The molecule has 0 bridgehead atoms. The van der Waals surface area contributed by atoms with Gasteiger partial charge in [0.1, 0.15) is 0 Å². The maximum absolute atomic E-state index is 14.5. The van der Waals surface area contributed by atoms with Crippen LogP contribution in [0.1, 0.15) is 30.5 Å². The lowest BCUT2D eigenvalue weighted by Crippen LogP contribution is -2.34. The molecule has 0 saturated carbocycles. The van der Waals surface area contributed by atoms with Crippen molar-refractivity contribution in [3.8, 4) is 0 Å². The molecule has 1 heterocycles. The lowest BCUT2D eigenvalue weighted by atomic mass is 10.1. The van der Waals surface area contributed by atoms with Crippen LogP contribution in [-0.2, 0) is 9.84 Å². The molecule has 0 aliphatic carbocycles. The van der Waals surface area contributed by atoms with Gasteiger partial charge >= 0.3 is 6.03 Å². The van der Waals surface area contributed by atoms with E-state index in [-0.39, 0.29) is 26.1 Å². The van der Waals surface area contributed by atoms with E-state index in [9.17, 15) is 17.6 Å². The molecule has 0 spiro atoms. The Morgan fingerprint density at radius 2 is 1.59 bits per heavy atom. The van der Waals surface area contributed by atoms with Crippen molar-refractivity contribution >= 4 is 39.1 Å². The van der Waals surface area contributed by atoms with Gasteiger partial charge in [0, 0.05) is 23.1 Å². The highest BCUT2D eigenvalue weighted by molar-refractivity contribution is 7.91. The average molecular weight is 436 g/mol. The van der Waals surface area contributed by atoms with Gasteiger partial charge < -0.3 is 4.90 Å². The number of halogens is 3. The molecule has 1 amide bonds. The van der Waals surface area contributed by atoms with Crippen molar-refractivity contribution in [2.75, 3.05) is 13.1 Å². The number of nitrogens with zero attached hydrogens (tertiary/aromatic N) is 3. The van der Waals surface area contributed by atoms with Gasteiger partial charge in [-0.25, -0.2) is 17.6 Å². The highest BCUT2D eigenvalue weighted by Crippen LogP contribution is 2.38. The van der Waals surface area contributed by atoms with Crippen molar-refractivity contribution < 1.29 is 17.6 Å². The van der Waals surface area contributed by atoms with Crippen LogP contribution in [0.2, 0.25) is 10.0 Å². The standard InChI is InChI=1S/C17H20Cl2FN3O3S/c1-6-22(7-2)17(24)23-8-12(20)16(21-23)27(25,26)15-10(4)13(18)9(3)14(19)11(15)5/h8H,6-7H2,1-5H3. The van der Waals surface area contributed by atoms with E-state index in [1.54, 1.807) is 20.8 Å². The number of benzene rings is 1. The lowest BCUT2D eigenvalue weighted by Gasteiger charge is -2.17. The summed E-state index contributed by atoms with van der Waals surface area (Å²) in [5, 5.41) is 3.24. The molecule has 0 unspecified atom stereocenters. The first kappa shape index (κ1) is 21.7.